The number of phenols is 1. The van der Waals surface area contributed by atoms with Crippen LogP contribution in [-0.2, 0) is 22.7 Å². The lowest BCUT2D eigenvalue weighted by molar-refractivity contribution is -0.143. The number of phenolic OH excluding ortho intramolecular Hbond substituents is 1. The maximum Gasteiger partial charge on any atom is 0.320 e. The van der Waals surface area contributed by atoms with E-state index in [0.717, 1.165) is 12.8 Å². The number of carbonyl (C=O) groups is 2. The Morgan fingerprint density at radius 2 is 1.44 bits per heavy atom. The van der Waals surface area contributed by atoms with Gasteiger partial charge in [-0.1, -0.05) is 0 Å². The van der Waals surface area contributed by atoms with E-state index in [1.807, 2.05) is 9.80 Å². The zero-order chi connectivity index (χ0) is 19.6. The van der Waals surface area contributed by atoms with E-state index >= 15 is 0 Å². The molecule has 0 unspecified atom stereocenters. The van der Waals surface area contributed by atoms with E-state index in [4.69, 9.17) is 4.74 Å². The second-order valence-electron chi connectivity index (χ2n) is 7.23. The number of carboxylic acid groups (broad SMARTS) is 2. The molecule has 3 rings (SSSR count). The first-order valence-corrected chi connectivity index (χ1v) is 9.23. The summed E-state index contributed by atoms with van der Waals surface area (Å²) in [6.07, 6.45) is 2.81. The van der Waals surface area contributed by atoms with Crippen LogP contribution in [0.3, 0.4) is 0 Å². The predicted molar refractivity (Wildman–Crippen MR) is 96.8 cm³/mol. The maximum absolute atomic E-state index is 11.4. The Balaban J connectivity index is 1.84. The van der Waals surface area contributed by atoms with Crippen LogP contribution >= 0.6 is 0 Å². The number of nitrogens with zero attached hydrogens (tertiary/aromatic N) is 2. The monoisotopic (exact) mass is 378 g/mol. The molecule has 0 radical (unpaired) electrons. The fraction of sp³-hybridized carbons (Fsp3) is 0.579. The van der Waals surface area contributed by atoms with Gasteiger partial charge in [-0.2, -0.15) is 0 Å². The number of hydrogen-bond donors (Lipinski definition) is 3. The minimum Gasteiger partial charge on any atom is -0.507 e. The summed E-state index contributed by atoms with van der Waals surface area (Å²) in [5.41, 5.74) is 1.20. The van der Waals surface area contributed by atoms with E-state index in [0.29, 0.717) is 55.9 Å². The predicted octanol–water partition coefficient (Wildman–Crippen LogP) is 1.50. The number of aliphatic carboxylic acids is 2. The van der Waals surface area contributed by atoms with Gasteiger partial charge in [-0.05, 0) is 50.9 Å². The molecule has 1 aromatic rings. The van der Waals surface area contributed by atoms with Gasteiger partial charge in [0, 0.05) is 24.2 Å². The number of benzene rings is 1. The summed E-state index contributed by atoms with van der Waals surface area (Å²) >= 11 is 0. The van der Waals surface area contributed by atoms with Crippen molar-refractivity contribution in [1.82, 2.24) is 9.80 Å². The molecule has 8 nitrogen and oxygen atoms in total. The molecule has 2 heterocycles. The standard InChI is InChI=1S/C19H26N2O6/c1-27-14-8-12(10-20-6-2-4-15(20)18(23)24)17(22)13(9-14)11-21-7-3-5-16(21)19(25)26/h8-9,15-16,22H,2-7,10-11H2,1H3,(H,23,24)(H,25,26)/t15-,16-/m0/s1. The summed E-state index contributed by atoms with van der Waals surface area (Å²) in [4.78, 5) is 26.5. The molecule has 1 aromatic carbocycles. The second kappa shape index (κ2) is 8.14. The van der Waals surface area contributed by atoms with Gasteiger partial charge >= 0.3 is 11.9 Å². The van der Waals surface area contributed by atoms with Crippen molar-refractivity contribution in [2.24, 2.45) is 0 Å². The van der Waals surface area contributed by atoms with Crippen LogP contribution in [0.15, 0.2) is 12.1 Å². The van der Waals surface area contributed by atoms with Crippen LogP contribution in [0.4, 0.5) is 0 Å². The highest BCUT2D eigenvalue weighted by Crippen LogP contribution is 2.33. The molecular weight excluding hydrogens is 352 g/mol. The van der Waals surface area contributed by atoms with Crippen molar-refractivity contribution < 1.29 is 29.6 Å². The first kappa shape index (κ1) is 19.4. The maximum atomic E-state index is 11.4. The second-order valence-corrected chi connectivity index (χ2v) is 7.23. The molecule has 2 atom stereocenters. The molecule has 148 valence electrons. The highest BCUT2D eigenvalue weighted by Gasteiger charge is 2.33. The van der Waals surface area contributed by atoms with Crippen LogP contribution in [0, 0.1) is 0 Å². The molecule has 27 heavy (non-hydrogen) atoms. The summed E-state index contributed by atoms with van der Waals surface area (Å²) < 4.78 is 5.35. The number of likely N-dealkylation sites (tertiary alicyclic amines) is 2. The average Bonchev–Trinajstić information content (AvgIpc) is 3.27. The van der Waals surface area contributed by atoms with Gasteiger partial charge in [-0.25, -0.2) is 0 Å². The first-order chi connectivity index (χ1) is 12.9. The number of ether oxygens (including phenoxy) is 1. The van der Waals surface area contributed by atoms with Crippen molar-refractivity contribution in [2.75, 3.05) is 20.2 Å². The van der Waals surface area contributed by atoms with Crippen LogP contribution < -0.4 is 4.74 Å². The number of hydrogen-bond acceptors (Lipinski definition) is 6. The summed E-state index contributed by atoms with van der Waals surface area (Å²) in [6, 6.07) is 2.34. The van der Waals surface area contributed by atoms with Gasteiger partial charge in [0.2, 0.25) is 0 Å². The summed E-state index contributed by atoms with van der Waals surface area (Å²) in [7, 11) is 1.53. The van der Waals surface area contributed by atoms with Crippen molar-refractivity contribution in [2.45, 2.75) is 50.9 Å². The fourth-order valence-corrected chi connectivity index (χ4v) is 4.11. The summed E-state index contributed by atoms with van der Waals surface area (Å²) in [5, 5.41) is 29.5. The molecule has 3 N–H and O–H groups in total. The quantitative estimate of drug-likeness (QED) is 0.655. The molecule has 2 aliphatic heterocycles. The van der Waals surface area contributed by atoms with E-state index in [-0.39, 0.29) is 5.75 Å². The normalized spacial score (nSPS) is 23.6. The largest absolute Gasteiger partial charge is 0.507 e. The van der Waals surface area contributed by atoms with E-state index in [2.05, 4.69) is 0 Å². The van der Waals surface area contributed by atoms with Crippen LogP contribution in [-0.4, -0.2) is 69.3 Å². The average molecular weight is 378 g/mol. The van der Waals surface area contributed by atoms with Crippen molar-refractivity contribution in [3.63, 3.8) is 0 Å². The Morgan fingerprint density at radius 1 is 1.00 bits per heavy atom. The van der Waals surface area contributed by atoms with Crippen molar-refractivity contribution in [3.05, 3.63) is 23.3 Å². The van der Waals surface area contributed by atoms with E-state index in [9.17, 15) is 24.9 Å². The van der Waals surface area contributed by atoms with Gasteiger partial charge in [-0.15, -0.1) is 0 Å². The van der Waals surface area contributed by atoms with Gasteiger partial charge in [0.15, 0.2) is 0 Å². The van der Waals surface area contributed by atoms with E-state index < -0.39 is 24.0 Å². The number of rotatable bonds is 7. The molecule has 2 saturated heterocycles. The molecule has 2 fully saturated rings. The first-order valence-electron chi connectivity index (χ1n) is 9.23. The lowest BCUT2D eigenvalue weighted by Crippen LogP contribution is -2.36. The number of methoxy groups -OCH3 is 1. The van der Waals surface area contributed by atoms with Crippen LogP contribution in [0.1, 0.15) is 36.8 Å². The SMILES string of the molecule is COc1cc(CN2CCC[C@H]2C(=O)O)c(O)c(CN2CCC[C@H]2C(=O)O)c1. The summed E-state index contributed by atoms with van der Waals surface area (Å²) in [5.74, 6) is -1.05. The third kappa shape index (κ3) is 4.17. The Morgan fingerprint density at radius 3 is 1.81 bits per heavy atom. The van der Waals surface area contributed by atoms with Crippen LogP contribution in [0.25, 0.3) is 0 Å². The van der Waals surface area contributed by atoms with Crippen molar-refractivity contribution in [1.29, 1.82) is 0 Å². The Labute approximate surface area is 158 Å². The minimum absolute atomic E-state index is 0.0860. The number of carboxylic acids is 2. The topological polar surface area (TPSA) is 111 Å². The van der Waals surface area contributed by atoms with Gasteiger partial charge in [0.05, 0.1) is 7.11 Å². The summed E-state index contributed by atoms with van der Waals surface area (Å²) in [6.45, 7) is 1.96. The highest BCUT2D eigenvalue weighted by atomic mass is 16.5. The molecule has 8 heteroatoms. The zero-order valence-corrected chi connectivity index (χ0v) is 15.4. The van der Waals surface area contributed by atoms with Gasteiger partial charge in [-0.3, -0.25) is 19.4 Å². The third-order valence-electron chi connectivity index (χ3n) is 5.52. The molecule has 2 aliphatic rings. The van der Waals surface area contributed by atoms with Gasteiger partial charge in [0.1, 0.15) is 23.6 Å². The highest BCUT2D eigenvalue weighted by molar-refractivity contribution is 5.74. The Hall–Kier alpha value is -2.32. The molecule has 0 bridgehead atoms. The van der Waals surface area contributed by atoms with E-state index in [1.165, 1.54) is 7.11 Å². The molecular formula is C19H26N2O6. The van der Waals surface area contributed by atoms with Crippen molar-refractivity contribution in [3.8, 4) is 11.5 Å². The van der Waals surface area contributed by atoms with E-state index in [1.54, 1.807) is 12.1 Å². The smallest absolute Gasteiger partial charge is 0.320 e. The van der Waals surface area contributed by atoms with Gasteiger partial charge in [0.25, 0.3) is 0 Å². The molecule has 0 aliphatic carbocycles. The Kier molecular flexibility index (Phi) is 5.86. The van der Waals surface area contributed by atoms with Crippen LogP contribution in [0.2, 0.25) is 0 Å². The lowest BCUT2D eigenvalue weighted by Gasteiger charge is -2.25. The zero-order valence-electron chi connectivity index (χ0n) is 15.4. The molecule has 0 amide bonds. The molecule has 0 spiro atoms. The molecule has 0 saturated carbocycles. The van der Waals surface area contributed by atoms with Gasteiger partial charge < -0.3 is 20.1 Å². The fourth-order valence-electron chi connectivity index (χ4n) is 4.11. The minimum atomic E-state index is -0.850. The van der Waals surface area contributed by atoms with Crippen LogP contribution in [0.5, 0.6) is 11.5 Å². The molecule has 0 aromatic heterocycles. The lowest BCUT2D eigenvalue weighted by atomic mass is 10.1. The van der Waals surface area contributed by atoms with Crippen molar-refractivity contribution >= 4 is 11.9 Å². The number of aromatic hydroxyl groups is 1. The Bertz CT molecular complexity index is 667. The third-order valence-corrected chi connectivity index (χ3v) is 5.52.